The van der Waals surface area contributed by atoms with Crippen LogP contribution < -0.4 is 5.32 Å². The normalized spacial score (nSPS) is 13.4. The molecule has 1 N–H and O–H groups in total. The van der Waals surface area contributed by atoms with Crippen LogP contribution in [0.1, 0.15) is 32.8 Å². The number of nitrogens with one attached hydrogen (secondary N) is 1. The molecule has 3 nitrogen and oxygen atoms in total. The zero-order chi connectivity index (χ0) is 11.3. The molecule has 0 aromatic carbocycles. The Kier molecular flexibility index (Phi) is 4.82. The van der Waals surface area contributed by atoms with Crippen LogP contribution in [0.4, 0.5) is 0 Å². The van der Waals surface area contributed by atoms with Crippen molar-refractivity contribution in [1.29, 1.82) is 0 Å². The van der Waals surface area contributed by atoms with E-state index in [1.54, 1.807) is 0 Å². The summed E-state index contributed by atoms with van der Waals surface area (Å²) in [4.78, 5) is 0. The molecule has 1 rings (SSSR count). The Morgan fingerprint density at radius 3 is 2.67 bits per heavy atom. The van der Waals surface area contributed by atoms with Crippen LogP contribution in [0.2, 0.25) is 0 Å². The zero-order valence-electron chi connectivity index (χ0n) is 10.3. The molecule has 0 bridgehead atoms. The maximum Gasteiger partial charge on any atom is 0.0522 e. The lowest BCUT2D eigenvalue weighted by Crippen LogP contribution is -2.29. The second kappa shape index (κ2) is 5.91. The van der Waals surface area contributed by atoms with Crippen LogP contribution >= 0.6 is 0 Å². The third kappa shape index (κ3) is 4.98. The summed E-state index contributed by atoms with van der Waals surface area (Å²) < 4.78 is 1.85. The van der Waals surface area contributed by atoms with E-state index >= 15 is 0 Å². The molecular weight excluding hydrogens is 186 g/mol. The van der Waals surface area contributed by atoms with Crippen LogP contribution in [-0.4, -0.2) is 22.4 Å². The van der Waals surface area contributed by atoms with Gasteiger partial charge in [-0.05, 0) is 37.8 Å². The van der Waals surface area contributed by atoms with E-state index in [2.05, 4.69) is 37.4 Å². The van der Waals surface area contributed by atoms with Gasteiger partial charge in [0.1, 0.15) is 0 Å². The minimum absolute atomic E-state index is 0.613. The van der Waals surface area contributed by atoms with Crippen molar-refractivity contribution in [3.05, 3.63) is 18.0 Å². The monoisotopic (exact) mass is 209 g/mol. The van der Waals surface area contributed by atoms with Crippen LogP contribution in [0, 0.1) is 5.92 Å². The van der Waals surface area contributed by atoms with Gasteiger partial charge in [0.15, 0.2) is 0 Å². The first kappa shape index (κ1) is 12.2. The lowest BCUT2D eigenvalue weighted by Gasteiger charge is -2.15. The van der Waals surface area contributed by atoms with Gasteiger partial charge in [-0.2, -0.15) is 5.10 Å². The van der Waals surface area contributed by atoms with E-state index in [0.717, 1.165) is 18.9 Å². The van der Waals surface area contributed by atoms with E-state index in [-0.39, 0.29) is 0 Å². The third-order valence-electron chi connectivity index (χ3n) is 2.49. The minimum Gasteiger partial charge on any atom is -0.314 e. The summed E-state index contributed by atoms with van der Waals surface area (Å²) in [5, 5.41) is 7.69. The standard InChI is InChI=1S/C12H23N3/c1-10(2)7-11(3)13-6-5-12-8-14-15(4)9-12/h8-11,13H,5-7H2,1-4H3. The molecule has 0 spiro atoms. The average Bonchev–Trinajstić information content (AvgIpc) is 2.50. The summed E-state index contributed by atoms with van der Waals surface area (Å²) in [5.41, 5.74) is 1.31. The summed E-state index contributed by atoms with van der Waals surface area (Å²) in [5.74, 6) is 0.769. The fraction of sp³-hybridized carbons (Fsp3) is 0.750. The molecular formula is C12H23N3. The van der Waals surface area contributed by atoms with Crippen molar-refractivity contribution in [3.8, 4) is 0 Å². The molecule has 0 amide bonds. The van der Waals surface area contributed by atoms with E-state index < -0.39 is 0 Å². The van der Waals surface area contributed by atoms with E-state index in [1.165, 1.54) is 12.0 Å². The van der Waals surface area contributed by atoms with Gasteiger partial charge >= 0.3 is 0 Å². The van der Waals surface area contributed by atoms with Gasteiger partial charge in [0, 0.05) is 19.3 Å². The van der Waals surface area contributed by atoms with E-state index in [4.69, 9.17) is 0 Å². The Balaban J connectivity index is 2.16. The summed E-state index contributed by atoms with van der Waals surface area (Å²) in [7, 11) is 1.96. The average molecular weight is 209 g/mol. The molecule has 0 aliphatic carbocycles. The van der Waals surface area contributed by atoms with Gasteiger partial charge in [-0.3, -0.25) is 4.68 Å². The molecule has 15 heavy (non-hydrogen) atoms. The van der Waals surface area contributed by atoms with Gasteiger partial charge in [-0.25, -0.2) is 0 Å². The number of rotatable bonds is 6. The number of hydrogen-bond acceptors (Lipinski definition) is 2. The van der Waals surface area contributed by atoms with Gasteiger partial charge in [0.25, 0.3) is 0 Å². The van der Waals surface area contributed by atoms with Crippen molar-refractivity contribution >= 4 is 0 Å². The van der Waals surface area contributed by atoms with Crippen molar-refractivity contribution in [2.24, 2.45) is 13.0 Å². The van der Waals surface area contributed by atoms with Crippen molar-refractivity contribution < 1.29 is 0 Å². The lowest BCUT2D eigenvalue weighted by atomic mass is 10.1. The lowest BCUT2D eigenvalue weighted by molar-refractivity contribution is 0.445. The van der Waals surface area contributed by atoms with E-state index in [9.17, 15) is 0 Å². The van der Waals surface area contributed by atoms with Gasteiger partial charge < -0.3 is 5.32 Å². The number of nitrogens with zero attached hydrogens (tertiary/aromatic N) is 2. The van der Waals surface area contributed by atoms with Gasteiger partial charge in [0.05, 0.1) is 6.20 Å². The van der Waals surface area contributed by atoms with Gasteiger partial charge in [-0.15, -0.1) is 0 Å². The number of aryl methyl sites for hydroxylation is 1. The Bertz CT molecular complexity index is 278. The van der Waals surface area contributed by atoms with Gasteiger partial charge in [-0.1, -0.05) is 13.8 Å². The van der Waals surface area contributed by atoms with Crippen LogP contribution in [0.15, 0.2) is 12.4 Å². The molecule has 0 fully saturated rings. The smallest absolute Gasteiger partial charge is 0.0522 e. The molecule has 1 heterocycles. The van der Waals surface area contributed by atoms with Crippen LogP contribution in [0.25, 0.3) is 0 Å². The Hall–Kier alpha value is -0.830. The highest BCUT2D eigenvalue weighted by Gasteiger charge is 2.04. The van der Waals surface area contributed by atoms with E-state index in [0.29, 0.717) is 6.04 Å². The molecule has 86 valence electrons. The third-order valence-corrected chi connectivity index (χ3v) is 2.49. The van der Waals surface area contributed by atoms with Crippen LogP contribution in [0.5, 0.6) is 0 Å². The summed E-state index contributed by atoms with van der Waals surface area (Å²) >= 11 is 0. The maximum atomic E-state index is 4.15. The maximum absolute atomic E-state index is 4.15. The molecule has 0 saturated carbocycles. The first-order valence-corrected chi connectivity index (χ1v) is 5.79. The summed E-state index contributed by atoms with van der Waals surface area (Å²) in [6.07, 6.45) is 6.33. The van der Waals surface area contributed by atoms with Crippen LogP contribution in [0.3, 0.4) is 0 Å². The van der Waals surface area contributed by atoms with E-state index in [1.807, 2.05) is 17.9 Å². The predicted molar refractivity (Wildman–Crippen MR) is 63.8 cm³/mol. The highest BCUT2D eigenvalue weighted by atomic mass is 15.2. The topological polar surface area (TPSA) is 29.9 Å². The van der Waals surface area contributed by atoms with Crippen molar-refractivity contribution in [2.45, 2.75) is 39.7 Å². The molecule has 0 aliphatic heterocycles. The molecule has 1 atom stereocenters. The highest BCUT2D eigenvalue weighted by molar-refractivity contribution is 5.03. The summed E-state index contributed by atoms with van der Waals surface area (Å²) in [6.45, 7) is 7.82. The molecule has 1 unspecified atom stereocenters. The van der Waals surface area contributed by atoms with Crippen molar-refractivity contribution in [3.63, 3.8) is 0 Å². The second-order valence-corrected chi connectivity index (χ2v) is 4.76. The highest BCUT2D eigenvalue weighted by Crippen LogP contribution is 2.04. The predicted octanol–water partition coefficient (Wildman–Crippen LogP) is 1.99. The SMILES string of the molecule is CC(C)CC(C)NCCc1cnn(C)c1. The Labute approximate surface area is 92.9 Å². The zero-order valence-corrected chi connectivity index (χ0v) is 10.3. The Morgan fingerprint density at radius 2 is 2.13 bits per heavy atom. The molecule has 1 aromatic rings. The fourth-order valence-electron chi connectivity index (χ4n) is 1.85. The van der Waals surface area contributed by atoms with Crippen molar-refractivity contribution in [2.75, 3.05) is 6.54 Å². The molecule has 0 saturated heterocycles. The Morgan fingerprint density at radius 1 is 1.40 bits per heavy atom. The first-order chi connectivity index (χ1) is 7.08. The minimum atomic E-state index is 0.613. The molecule has 0 aliphatic rings. The summed E-state index contributed by atoms with van der Waals surface area (Å²) in [6, 6.07) is 0.613. The number of hydrogen-bond donors (Lipinski definition) is 1. The first-order valence-electron chi connectivity index (χ1n) is 5.79. The largest absolute Gasteiger partial charge is 0.314 e. The van der Waals surface area contributed by atoms with Gasteiger partial charge in [0.2, 0.25) is 0 Å². The molecule has 3 heteroatoms. The fourth-order valence-corrected chi connectivity index (χ4v) is 1.85. The molecule has 0 radical (unpaired) electrons. The van der Waals surface area contributed by atoms with Crippen LogP contribution in [-0.2, 0) is 13.5 Å². The second-order valence-electron chi connectivity index (χ2n) is 4.76. The quantitative estimate of drug-likeness (QED) is 0.776. The number of aromatic nitrogens is 2. The molecule has 1 aromatic heterocycles. The van der Waals surface area contributed by atoms with Crippen molar-refractivity contribution in [1.82, 2.24) is 15.1 Å².